The van der Waals surface area contributed by atoms with Gasteiger partial charge in [0, 0.05) is 17.5 Å². The molecule has 3 amide bonds. The normalized spacial score (nSPS) is 13.0. The van der Waals surface area contributed by atoms with Crippen molar-refractivity contribution in [1.82, 2.24) is 15.7 Å². The van der Waals surface area contributed by atoms with E-state index in [4.69, 9.17) is 13.9 Å². The minimum atomic E-state index is -1.25. The molecule has 0 unspecified atom stereocenters. The number of amides is 3. The zero-order valence-corrected chi connectivity index (χ0v) is 29.1. The third-order valence-electron chi connectivity index (χ3n) is 7.54. The molecular formula is C35H49N3O11. The highest BCUT2D eigenvalue weighted by molar-refractivity contribution is 6.00. The molecule has 0 radical (unpaired) electrons. The zero-order chi connectivity index (χ0) is 36.7. The van der Waals surface area contributed by atoms with E-state index in [-0.39, 0.29) is 36.8 Å². The van der Waals surface area contributed by atoms with Gasteiger partial charge < -0.3 is 29.6 Å². The van der Waals surface area contributed by atoms with Gasteiger partial charge in [-0.25, -0.2) is 5.06 Å². The molecule has 1 aromatic heterocycles. The number of esters is 1. The van der Waals surface area contributed by atoms with Crippen molar-refractivity contribution in [3.63, 3.8) is 0 Å². The molecule has 0 aliphatic carbocycles. The van der Waals surface area contributed by atoms with Crippen molar-refractivity contribution < 1.29 is 53.0 Å². The number of ketones is 1. The molecule has 0 saturated carbocycles. The van der Waals surface area contributed by atoms with Crippen LogP contribution < -0.4 is 15.4 Å². The number of nitrogens with zero attached hydrogens (tertiary/aromatic N) is 1. The smallest absolute Gasteiger partial charge is 0.310 e. The highest BCUT2D eigenvalue weighted by Gasteiger charge is 2.32. The Labute approximate surface area is 286 Å². The van der Waals surface area contributed by atoms with Crippen molar-refractivity contribution >= 4 is 35.9 Å². The maximum atomic E-state index is 13.4. The van der Waals surface area contributed by atoms with Gasteiger partial charge in [0.1, 0.15) is 17.1 Å². The first kappa shape index (κ1) is 40.5. The number of carbonyl (C=O) groups excluding carboxylic acids is 5. The number of aliphatic carboxylic acids is 1. The summed E-state index contributed by atoms with van der Waals surface area (Å²) < 4.78 is 16.7. The van der Waals surface area contributed by atoms with Gasteiger partial charge in [0.2, 0.25) is 12.3 Å². The summed E-state index contributed by atoms with van der Waals surface area (Å²) in [6, 6.07) is 6.79. The number of Topliss-reactive ketones (excluding diaryl/α,β-unsaturated/α-hetero) is 1. The maximum Gasteiger partial charge on any atom is 0.310 e. The number of carbonyl (C=O) groups is 6. The minimum absolute atomic E-state index is 0.0844. The molecule has 0 aliphatic heterocycles. The second kappa shape index (κ2) is 19.3. The Morgan fingerprint density at radius 1 is 1.00 bits per heavy atom. The number of unbranched alkanes of at least 4 members (excludes halogenated alkanes) is 2. The molecule has 2 rings (SSSR count). The molecule has 14 heteroatoms. The number of carboxylic acid groups (broad SMARTS) is 1. The van der Waals surface area contributed by atoms with Gasteiger partial charge in [-0.3, -0.25) is 34.0 Å². The molecule has 14 nitrogen and oxygen atoms in total. The summed E-state index contributed by atoms with van der Waals surface area (Å²) in [7, 11) is 0. The number of furan rings is 1. The van der Waals surface area contributed by atoms with Crippen molar-refractivity contribution in [3.8, 4) is 17.1 Å². The topological polar surface area (TPSA) is 202 Å². The fourth-order valence-electron chi connectivity index (χ4n) is 5.22. The van der Waals surface area contributed by atoms with Gasteiger partial charge in [0.15, 0.2) is 11.5 Å². The Balaban J connectivity index is 2.20. The maximum absolute atomic E-state index is 13.4. The van der Waals surface area contributed by atoms with Crippen LogP contribution in [0.3, 0.4) is 0 Å². The van der Waals surface area contributed by atoms with E-state index in [1.165, 1.54) is 24.3 Å². The van der Waals surface area contributed by atoms with Crippen LogP contribution in [0.25, 0.3) is 11.3 Å². The predicted octanol–water partition coefficient (Wildman–Crippen LogP) is 4.98. The lowest BCUT2D eigenvalue weighted by Crippen LogP contribution is -2.47. The molecule has 0 saturated heterocycles. The Morgan fingerprint density at radius 3 is 2.31 bits per heavy atom. The van der Waals surface area contributed by atoms with Crippen LogP contribution in [0.2, 0.25) is 0 Å². The van der Waals surface area contributed by atoms with Gasteiger partial charge in [0.25, 0.3) is 5.91 Å². The summed E-state index contributed by atoms with van der Waals surface area (Å²) >= 11 is 0. The van der Waals surface area contributed by atoms with E-state index < -0.39 is 65.9 Å². The van der Waals surface area contributed by atoms with Crippen molar-refractivity contribution in [2.24, 2.45) is 11.8 Å². The van der Waals surface area contributed by atoms with Crippen LogP contribution in [0, 0.1) is 11.8 Å². The van der Waals surface area contributed by atoms with Gasteiger partial charge >= 0.3 is 11.9 Å². The second-order valence-corrected chi connectivity index (χ2v) is 12.6. The quantitative estimate of drug-likeness (QED) is 0.0262. The van der Waals surface area contributed by atoms with Crippen LogP contribution in [-0.4, -0.2) is 76.2 Å². The molecule has 0 spiro atoms. The van der Waals surface area contributed by atoms with Gasteiger partial charge in [-0.1, -0.05) is 33.1 Å². The Hall–Kier alpha value is -4.72. The first-order valence-corrected chi connectivity index (χ1v) is 16.5. The fourth-order valence-corrected chi connectivity index (χ4v) is 5.22. The van der Waals surface area contributed by atoms with Crippen molar-refractivity contribution in [3.05, 3.63) is 41.7 Å². The first-order chi connectivity index (χ1) is 23.1. The van der Waals surface area contributed by atoms with Gasteiger partial charge in [-0.15, -0.1) is 0 Å². The summed E-state index contributed by atoms with van der Waals surface area (Å²) in [4.78, 5) is 74.6. The molecule has 1 heterocycles. The molecule has 2 aromatic rings. The highest BCUT2D eigenvalue weighted by Crippen LogP contribution is 2.30. The third-order valence-corrected chi connectivity index (χ3v) is 7.54. The number of rotatable bonds is 21. The van der Waals surface area contributed by atoms with Crippen LogP contribution >= 0.6 is 0 Å². The number of hydrogen-bond acceptors (Lipinski definition) is 10. The van der Waals surface area contributed by atoms with E-state index in [1.807, 2.05) is 6.92 Å². The van der Waals surface area contributed by atoms with Crippen molar-refractivity contribution in [2.45, 2.75) is 98.1 Å². The van der Waals surface area contributed by atoms with E-state index in [2.05, 4.69) is 10.6 Å². The van der Waals surface area contributed by atoms with Crippen LogP contribution in [0.5, 0.6) is 5.75 Å². The summed E-state index contributed by atoms with van der Waals surface area (Å²) in [5.41, 5.74) is -0.348. The van der Waals surface area contributed by atoms with Gasteiger partial charge in [-0.05, 0) is 70.9 Å². The molecule has 0 aliphatic rings. The van der Waals surface area contributed by atoms with Crippen LogP contribution in [0.1, 0.15) is 107 Å². The monoisotopic (exact) mass is 687 g/mol. The minimum Gasteiger partial charge on any atom is -0.494 e. The number of ether oxygens (including phenoxy) is 2. The highest BCUT2D eigenvalue weighted by atomic mass is 16.6. The standard InChI is InChI=1S/C35H49N3O11/c1-7-10-11-12-26(27(8-2)38(46)21-39)32(43)36-20-37-33(44)30-14-13-29(48-30)23-15-22(16-25(17-23)47-9-3)28(40)18-24(19-31(41)42)34(45)49-35(4,5)6/h13-17,21,24,26-27,46H,7-12,18-20H2,1-6H3,(H,36,43)(H,37,44)(H,41,42)/t24-,26+,27+/m0/s1. The Kier molecular flexibility index (Phi) is 16.0. The van der Waals surface area contributed by atoms with Crippen LogP contribution in [0.15, 0.2) is 34.7 Å². The third kappa shape index (κ3) is 13.0. The van der Waals surface area contributed by atoms with Crippen molar-refractivity contribution in [1.29, 1.82) is 0 Å². The molecule has 49 heavy (non-hydrogen) atoms. The summed E-state index contributed by atoms with van der Waals surface area (Å²) in [5.74, 6) is -5.07. The van der Waals surface area contributed by atoms with Gasteiger partial charge in [-0.2, -0.15) is 0 Å². The molecule has 1 aromatic carbocycles. The average molecular weight is 688 g/mol. The lowest BCUT2D eigenvalue weighted by atomic mass is 9.90. The molecule has 3 atom stereocenters. The van der Waals surface area contributed by atoms with E-state index in [1.54, 1.807) is 40.7 Å². The predicted molar refractivity (Wildman–Crippen MR) is 178 cm³/mol. The molecule has 270 valence electrons. The summed E-state index contributed by atoms with van der Waals surface area (Å²) in [6.07, 6.45) is 2.60. The molecule has 0 fully saturated rings. The van der Waals surface area contributed by atoms with E-state index >= 15 is 0 Å². The number of hydroxylamine groups is 2. The largest absolute Gasteiger partial charge is 0.494 e. The van der Waals surface area contributed by atoms with Crippen molar-refractivity contribution in [2.75, 3.05) is 13.3 Å². The average Bonchev–Trinajstić information content (AvgIpc) is 3.53. The van der Waals surface area contributed by atoms with E-state index in [0.717, 1.165) is 19.3 Å². The lowest BCUT2D eigenvalue weighted by Gasteiger charge is -2.29. The summed E-state index contributed by atoms with van der Waals surface area (Å²) in [5, 5.41) is 25.1. The summed E-state index contributed by atoms with van der Waals surface area (Å²) in [6.45, 7) is 10.5. The van der Waals surface area contributed by atoms with Crippen LogP contribution in [-0.2, 0) is 23.9 Å². The molecular weight excluding hydrogens is 638 g/mol. The SMILES string of the molecule is CCCCC[C@@H](C(=O)NCNC(=O)c1ccc(-c2cc(OCC)cc(C(=O)C[C@@H](CC(=O)O)C(=O)OC(C)(C)C)c2)o1)[C@@H](CC)N(O)C=O. The number of nitrogens with one attached hydrogen (secondary N) is 2. The lowest BCUT2D eigenvalue weighted by molar-refractivity contribution is -0.168. The Bertz CT molecular complexity index is 1450. The van der Waals surface area contributed by atoms with E-state index in [9.17, 15) is 39.1 Å². The molecule has 0 bridgehead atoms. The number of benzene rings is 1. The number of carboxylic acids is 1. The van der Waals surface area contributed by atoms with Gasteiger partial charge in [0.05, 0.1) is 37.6 Å². The zero-order valence-electron chi connectivity index (χ0n) is 29.1. The first-order valence-electron chi connectivity index (χ1n) is 16.5. The molecule has 4 N–H and O–H groups in total. The van der Waals surface area contributed by atoms with Crippen LogP contribution in [0.4, 0.5) is 0 Å². The second-order valence-electron chi connectivity index (χ2n) is 12.6. The Morgan fingerprint density at radius 2 is 1.71 bits per heavy atom. The number of hydrogen-bond donors (Lipinski definition) is 4. The fraction of sp³-hybridized carbons (Fsp3) is 0.543. The van der Waals surface area contributed by atoms with E-state index in [0.29, 0.717) is 29.2 Å².